The van der Waals surface area contributed by atoms with Crippen molar-refractivity contribution < 1.29 is 4.74 Å². The van der Waals surface area contributed by atoms with Crippen LogP contribution in [0.25, 0.3) is 0 Å². The molecule has 5 nitrogen and oxygen atoms in total. The molecule has 1 aliphatic heterocycles. The lowest BCUT2D eigenvalue weighted by molar-refractivity contribution is 0.122. The summed E-state index contributed by atoms with van der Waals surface area (Å²) in [7, 11) is 0. The third kappa shape index (κ3) is 3.64. The van der Waals surface area contributed by atoms with E-state index in [2.05, 4.69) is 27.1 Å². The fraction of sp³-hybridized carbons (Fsp3) is 0.667. The highest BCUT2D eigenvalue weighted by Crippen LogP contribution is 2.09. The van der Waals surface area contributed by atoms with Crippen LogP contribution in [-0.4, -0.2) is 42.8 Å². The molecule has 0 aliphatic carbocycles. The van der Waals surface area contributed by atoms with Gasteiger partial charge in [0.15, 0.2) is 0 Å². The van der Waals surface area contributed by atoms with E-state index in [1.807, 2.05) is 12.3 Å². The number of hydrogen-bond acceptors (Lipinski definition) is 5. The average Bonchev–Trinajstić information content (AvgIpc) is 2.41. The molecule has 1 N–H and O–H groups in total. The Labute approximate surface area is 102 Å². The predicted molar refractivity (Wildman–Crippen MR) is 67.1 cm³/mol. The zero-order valence-corrected chi connectivity index (χ0v) is 10.4. The summed E-state index contributed by atoms with van der Waals surface area (Å²) in [5, 5.41) is 3.35. The van der Waals surface area contributed by atoms with Crippen LogP contribution in [0.4, 0.5) is 5.95 Å². The maximum atomic E-state index is 5.32. The lowest BCUT2D eigenvalue weighted by atomic mass is 10.4. The van der Waals surface area contributed by atoms with E-state index in [4.69, 9.17) is 4.74 Å². The van der Waals surface area contributed by atoms with Gasteiger partial charge < -0.3 is 15.0 Å². The first-order chi connectivity index (χ1) is 8.40. The minimum absolute atomic E-state index is 0.766. The van der Waals surface area contributed by atoms with Crippen molar-refractivity contribution in [1.82, 2.24) is 15.3 Å². The Morgan fingerprint density at radius 2 is 2.24 bits per heavy atom. The molecule has 0 aromatic carbocycles. The van der Waals surface area contributed by atoms with Gasteiger partial charge in [0.05, 0.1) is 18.9 Å². The molecule has 94 valence electrons. The largest absolute Gasteiger partial charge is 0.378 e. The zero-order valence-electron chi connectivity index (χ0n) is 10.4. The minimum atomic E-state index is 0.766. The smallest absolute Gasteiger partial charge is 0.225 e. The third-order valence-corrected chi connectivity index (χ3v) is 2.73. The van der Waals surface area contributed by atoms with E-state index in [1.165, 1.54) is 0 Å². The fourth-order valence-electron chi connectivity index (χ4n) is 1.79. The van der Waals surface area contributed by atoms with Gasteiger partial charge >= 0.3 is 0 Å². The van der Waals surface area contributed by atoms with Gasteiger partial charge in [0, 0.05) is 25.8 Å². The summed E-state index contributed by atoms with van der Waals surface area (Å²) < 4.78 is 5.32. The van der Waals surface area contributed by atoms with Gasteiger partial charge in [0.2, 0.25) is 5.95 Å². The van der Waals surface area contributed by atoms with Crippen LogP contribution < -0.4 is 10.2 Å². The molecule has 2 rings (SSSR count). The second-order valence-corrected chi connectivity index (χ2v) is 4.12. The van der Waals surface area contributed by atoms with Gasteiger partial charge in [0.25, 0.3) is 0 Å². The highest BCUT2D eigenvalue weighted by Gasteiger charge is 2.13. The van der Waals surface area contributed by atoms with Gasteiger partial charge in [0.1, 0.15) is 0 Å². The average molecular weight is 236 g/mol. The Kier molecular flexibility index (Phi) is 4.70. The summed E-state index contributed by atoms with van der Waals surface area (Å²) in [6.07, 6.45) is 2.97. The second kappa shape index (κ2) is 6.51. The van der Waals surface area contributed by atoms with E-state index in [0.717, 1.165) is 57.5 Å². The molecule has 0 spiro atoms. The number of aromatic nitrogens is 2. The number of nitrogens with one attached hydrogen (secondary N) is 1. The molecular weight excluding hydrogens is 216 g/mol. The standard InChI is InChI=1S/C12H20N4O/c1-2-4-13-10-11-3-5-14-12(15-11)16-6-8-17-9-7-16/h3,5,13H,2,4,6-10H2,1H3. The second-order valence-electron chi connectivity index (χ2n) is 4.12. The van der Waals surface area contributed by atoms with Crippen LogP contribution in [0, 0.1) is 0 Å². The molecule has 1 fully saturated rings. The van der Waals surface area contributed by atoms with Crippen molar-refractivity contribution in [2.24, 2.45) is 0 Å². The fourth-order valence-corrected chi connectivity index (χ4v) is 1.79. The highest BCUT2D eigenvalue weighted by molar-refractivity contribution is 5.30. The predicted octanol–water partition coefficient (Wildman–Crippen LogP) is 0.813. The van der Waals surface area contributed by atoms with Crippen LogP contribution in [0.5, 0.6) is 0 Å². The molecule has 0 unspecified atom stereocenters. The summed E-state index contributed by atoms with van der Waals surface area (Å²) in [4.78, 5) is 11.1. The van der Waals surface area contributed by atoms with Gasteiger partial charge in [-0.2, -0.15) is 0 Å². The first-order valence-electron chi connectivity index (χ1n) is 6.25. The van der Waals surface area contributed by atoms with Crippen molar-refractivity contribution in [3.63, 3.8) is 0 Å². The van der Waals surface area contributed by atoms with E-state index in [1.54, 1.807) is 0 Å². The van der Waals surface area contributed by atoms with E-state index >= 15 is 0 Å². The van der Waals surface area contributed by atoms with Crippen LogP contribution in [-0.2, 0) is 11.3 Å². The molecule has 1 aliphatic rings. The molecule has 0 atom stereocenters. The van der Waals surface area contributed by atoms with Crippen molar-refractivity contribution in [2.45, 2.75) is 19.9 Å². The summed E-state index contributed by atoms with van der Waals surface area (Å²) in [5.41, 5.74) is 1.05. The van der Waals surface area contributed by atoms with Crippen LogP contribution in [0.2, 0.25) is 0 Å². The first kappa shape index (κ1) is 12.3. The van der Waals surface area contributed by atoms with Crippen molar-refractivity contribution in [1.29, 1.82) is 0 Å². The molecule has 17 heavy (non-hydrogen) atoms. The molecule has 1 aromatic heterocycles. The van der Waals surface area contributed by atoms with Gasteiger partial charge in [-0.15, -0.1) is 0 Å². The Hall–Kier alpha value is -1.20. The van der Waals surface area contributed by atoms with E-state index in [0.29, 0.717) is 0 Å². The molecule has 0 saturated carbocycles. The number of nitrogens with zero attached hydrogens (tertiary/aromatic N) is 3. The monoisotopic (exact) mass is 236 g/mol. The molecule has 1 aromatic rings. The normalized spacial score (nSPS) is 16.2. The summed E-state index contributed by atoms with van der Waals surface area (Å²) in [6.45, 7) is 7.29. The minimum Gasteiger partial charge on any atom is -0.378 e. The van der Waals surface area contributed by atoms with Crippen molar-refractivity contribution >= 4 is 5.95 Å². The quantitative estimate of drug-likeness (QED) is 0.767. The third-order valence-electron chi connectivity index (χ3n) is 2.73. The van der Waals surface area contributed by atoms with Crippen LogP contribution in [0.3, 0.4) is 0 Å². The van der Waals surface area contributed by atoms with Crippen molar-refractivity contribution in [3.8, 4) is 0 Å². The summed E-state index contributed by atoms with van der Waals surface area (Å²) in [5.74, 6) is 0.823. The maximum Gasteiger partial charge on any atom is 0.225 e. The first-order valence-corrected chi connectivity index (χ1v) is 6.25. The molecule has 5 heteroatoms. The summed E-state index contributed by atoms with van der Waals surface area (Å²) in [6, 6.07) is 1.96. The Balaban J connectivity index is 1.95. The van der Waals surface area contributed by atoms with Gasteiger partial charge in [-0.25, -0.2) is 9.97 Å². The number of ether oxygens (including phenoxy) is 1. The molecular formula is C12H20N4O. The lowest BCUT2D eigenvalue weighted by Gasteiger charge is -2.26. The Bertz CT molecular complexity index is 339. The number of anilines is 1. The molecule has 2 heterocycles. The van der Waals surface area contributed by atoms with Gasteiger partial charge in [-0.3, -0.25) is 0 Å². The molecule has 0 radical (unpaired) electrons. The zero-order chi connectivity index (χ0) is 11.9. The van der Waals surface area contributed by atoms with E-state index in [9.17, 15) is 0 Å². The van der Waals surface area contributed by atoms with E-state index in [-0.39, 0.29) is 0 Å². The lowest BCUT2D eigenvalue weighted by Crippen LogP contribution is -2.37. The van der Waals surface area contributed by atoms with Crippen LogP contribution >= 0.6 is 0 Å². The maximum absolute atomic E-state index is 5.32. The number of hydrogen-bond donors (Lipinski definition) is 1. The van der Waals surface area contributed by atoms with Crippen LogP contribution in [0.15, 0.2) is 12.3 Å². The van der Waals surface area contributed by atoms with Gasteiger partial charge in [-0.1, -0.05) is 6.92 Å². The number of morpholine rings is 1. The van der Waals surface area contributed by atoms with E-state index < -0.39 is 0 Å². The molecule has 0 amide bonds. The van der Waals surface area contributed by atoms with Crippen molar-refractivity contribution in [2.75, 3.05) is 37.7 Å². The Morgan fingerprint density at radius 1 is 1.41 bits per heavy atom. The molecule has 0 bridgehead atoms. The highest BCUT2D eigenvalue weighted by atomic mass is 16.5. The van der Waals surface area contributed by atoms with Gasteiger partial charge in [-0.05, 0) is 19.0 Å². The Morgan fingerprint density at radius 3 is 3.00 bits per heavy atom. The SMILES string of the molecule is CCCNCc1ccnc(N2CCOCC2)n1. The van der Waals surface area contributed by atoms with Crippen LogP contribution in [0.1, 0.15) is 19.0 Å². The van der Waals surface area contributed by atoms with Crippen molar-refractivity contribution in [3.05, 3.63) is 18.0 Å². The summed E-state index contributed by atoms with van der Waals surface area (Å²) >= 11 is 0. The topological polar surface area (TPSA) is 50.3 Å². The molecule has 1 saturated heterocycles. The number of rotatable bonds is 5.